The van der Waals surface area contributed by atoms with Gasteiger partial charge in [0, 0.05) is 35.9 Å². The van der Waals surface area contributed by atoms with Crippen molar-refractivity contribution < 1.29 is 4.74 Å². The number of nitrogens with zero attached hydrogens (tertiary/aromatic N) is 1. The van der Waals surface area contributed by atoms with Crippen LogP contribution in [0.4, 0.5) is 5.69 Å². The quantitative estimate of drug-likeness (QED) is 0.784. The molecule has 0 aliphatic rings. The molecule has 2 atom stereocenters. The molecule has 1 rings (SSSR count). The van der Waals surface area contributed by atoms with Gasteiger partial charge < -0.3 is 15.4 Å². The first-order chi connectivity index (χ1) is 9.53. The lowest BCUT2D eigenvalue weighted by molar-refractivity contribution is 0.182. The number of methoxy groups -OCH3 is 1. The Balaban J connectivity index is 3.08. The first-order valence-electron chi connectivity index (χ1n) is 7.33. The van der Waals surface area contributed by atoms with Gasteiger partial charge in [-0.1, -0.05) is 28.9 Å². The Morgan fingerprint density at radius 1 is 1.35 bits per heavy atom. The van der Waals surface area contributed by atoms with Crippen LogP contribution in [0.2, 0.25) is 0 Å². The fourth-order valence-electron chi connectivity index (χ4n) is 2.45. The van der Waals surface area contributed by atoms with Gasteiger partial charge in [-0.2, -0.15) is 0 Å². The third kappa shape index (κ3) is 4.76. The van der Waals surface area contributed by atoms with Gasteiger partial charge in [0.15, 0.2) is 0 Å². The third-order valence-corrected chi connectivity index (χ3v) is 4.14. The van der Waals surface area contributed by atoms with E-state index in [0.717, 1.165) is 30.5 Å². The largest absolute Gasteiger partial charge is 0.383 e. The molecule has 0 spiro atoms. The molecule has 0 fully saturated rings. The van der Waals surface area contributed by atoms with Gasteiger partial charge in [0.1, 0.15) is 0 Å². The van der Waals surface area contributed by atoms with Gasteiger partial charge in [-0.05, 0) is 44.4 Å². The maximum atomic E-state index is 6.13. The van der Waals surface area contributed by atoms with Crippen molar-refractivity contribution in [3.05, 3.63) is 28.2 Å². The molecule has 0 amide bonds. The Labute approximate surface area is 131 Å². The van der Waals surface area contributed by atoms with Crippen LogP contribution >= 0.6 is 15.9 Å². The second kappa shape index (κ2) is 8.65. The van der Waals surface area contributed by atoms with Crippen molar-refractivity contribution in [2.24, 2.45) is 5.73 Å². The van der Waals surface area contributed by atoms with Crippen molar-refractivity contribution in [3.63, 3.8) is 0 Å². The van der Waals surface area contributed by atoms with Crippen LogP contribution in [-0.2, 0) is 11.2 Å². The van der Waals surface area contributed by atoms with E-state index in [0.29, 0.717) is 6.04 Å². The fraction of sp³-hybridized carbons (Fsp3) is 0.625. The Hall–Kier alpha value is -0.580. The normalized spacial score (nSPS) is 14.1. The lowest BCUT2D eigenvalue weighted by Gasteiger charge is -2.32. The summed E-state index contributed by atoms with van der Waals surface area (Å²) < 4.78 is 6.40. The second-order valence-corrected chi connectivity index (χ2v) is 6.15. The number of ether oxygens (including phenoxy) is 1. The zero-order valence-corrected chi connectivity index (χ0v) is 14.6. The summed E-state index contributed by atoms with van der Waals surface area (Å²) in [6.07, 6.45) is 1.91. The fourth-order valence-corrected chi connectivity index (χ4v) is 2.80. The summed E-state index contributed by atoms with van der Waals surface area (Å²) in [7, 11) is 1.75. The molecule has 0 bridgehead atoms. The average Bonchev–Trinajstić information content (AvgIpc) is 2.42. The lowest BCUT2D eigenvalue weighted by atomic mass is 10.0. The first-order valence-corrected chi connectivity index (χ1v) is 8.12. The lowest BCUT2D eigenvalue weighted by Crippen LogP contribution is -2.37. The van der Waals surface area contributed by atoms with Crippen LogP contribution in [-0.4, -0.2) is 32.3 Å². The topological polar surface area (TPSA) is 38.5 Å². The van der Waals surface area contributed by atoms with Crippen molar-refractivity contribution >= 4 is 21.6 Å². The van der Waals surface area contributed by atoms with Crippen LogP contribution in [0.15, 0.2) is 22.7 Å². The Kier molecular flexibility index (Phi) is 7.56. The second-order valence-electron chi connectivity index (χ2n) is 5.24. The van der Waals surface area contributed by atoms with Gasteiger partial charge in [-0.15, -0.1) is 0 Å². The highest BCUT2D eigenvalue weighted by Crippen LogP contribution is 2.28. The summed E-state index contributed by atoms with van der Waals surface area (Å²) in [6.45, 7) is 8.18. The Morgan fingerprint density at radius 2 is 2.05 bits per heavy atom. The van der Waals surface area contributed by atoms with E-state index in [1.54, 1.807) is 7.11 Å². The van der Waals surface area contributed by atoms with Crippen LogP contribution in [0.3, 0.4) is 0 Å². The van der Waals surface area contributed by atoms with Gasteiger partial charge in [0.05, 0.1) is 6.61 Å². The molecule has 114 valence electrons. The highest BCUT2D eigenvalue weighted by atomic mass is 79.9. The Bertz CT molecular complexity index is 411. The Morgan fingerprint density at radius 3 is 2.60 bits per heavy atom. The van der Waals surface area contributed by atoms with Crippen LogP contribution in [0.5, 0.6) is 0 Å². The van der Waals surface area contributed by atoms with Gasteiger partial charge in [0.25, 0.3) is 0 Å². The van der Waals surface area contributed by atoms with Gasteiger partial charge >= 0.3 is 0 Å². The standard InChI is InChI=1S/C16H27BrN2O/c1-5-15(18)9-13-7-8-14(17)10-16(13)19(6-2)12(3)11-20-4/h7-8,10,12,15H,5-6,9,11,18H2,1-4H3. The molecule has 4 heteroatoms. The van der Waals surface area contributed by atoms with Gasteiger partial charge in [-0.25, -0.2) is 0 Å². The monoisotopic (exact) mass is 342 g/mol. The number of benzene rings is 1. The van der Waals surface area contributed by atoms with E-state index in [4.69, 9.17) is 10.5 Å². The number of nitrogens with two attached hydrogens (primary N) is 1. The molecule has 2 unspecified atom stereocenters. The third-order valence-electron chi connectivity index (χ3n) is 3.64. The molecule has 20 heavy (non-hydrogen) atoms. The minimum absolute atomic E-state index is 0.214. The van der Waals surface area contributed by atoms with Gasteiger partial charge in [-0.3, -0.25) is 0 Å². The number of rotatable bonds is 8. The van der Waals surface area contributed by atoms with E-state index in [1.807, 2.05) is 0 Å². The number of hydrogen-bond donors (Lipinski definition) is 1. The predicted molar refractivity (Wildman–Crippen MR) is 90.5 cm³/mol. The number of hydrogen-bond acceptors (Lipinski definition) is 3. The zero-order valence-electron chi connectivity index (χ0n) is 13.0. The van der Waals surface area contributed by atoms with Crippen LogP contribution in [0, 0.1) is 0 Å². The maximum absolute atomic E-state index is 6.13. The highest BCUT2D eigenvalue weighted by Gasteiger charge is 2.17. The maximum Gasteiger partial charge on any atom is 0.0663 e. The molecule has 0 radical (unpaired) electrons. The van der Waals surface area contributed by atoms with Crippen molar-refractivity contribution in [3.8, 4) is 0 Å². The SMILES string of the molecule is CCC(N)Cc1ccc(Br)cc1N(CC)C(C)COC. The van der Waals surface area contributed by atoms with Crippen molar-refractivity contribution in [1.82, 2.24) is 0 Å². The molecular weight excluding hydrogens is 316 g/mol. The molecule has 2 N–H and O–H groups in total. The smallest absolute Gasteiger partial charge is 0.0663 e. The summed E-state index contributed by atoms with van der Waals surface area (Å²) >= 11 is 3.58. The summed E-state index contributed by atoms with van der Waals surface area (Å²) in [5, 5.41) is 0. The van der Waals surface area contributed by atoms with Crippen molar-refractivity contribution in [1.29, 1.82) is 0 Å². The van der Waals surface area contributed by atoms with E-state index in [-0.39, 0.29) is 6.04 Å². The summed E-state index contributed by atoms with van der Waals surface area (Å²) in [4.78, 5) is 2.38. The molecule has 3 nitrogen and oxygen atoms in total. The summed E-state index contributed by atoms with van der Waals surface area (Å²) in [5.74, 6) is 0. The van der Waals surface area contributed by atoms with E-state index in [9.17, 15) is 0 Å². The molecule has 0 aliphatic heterocycles. The van der Waals surface area contributed by atoms with Crippen molar-refractivity contribution in [2.45, 2.75) is 45.7 Å². The van der Waals surface area contributed by atoms with E-state index in [2.05, 4.69) is 59.8 Å². The minimum atomic E-state index is 0.214. The van der Waals surface area contributed by atoms with Crippen LogP contribution in [0.25, 0.3) is 0 Å². The number of anilines is 1. The minimum Gasteiger partial charge on any atom is -0.383 e. The van der Waals surface area contributed by atoms with Crippen LogP contribution < -0.4 is 10.6 Å². The molecular formula is C16H27BrN2O. The van der Waals surface area contributed by atoms with Crippen LogP contribution in [0.1, 0.15) is 32.8 Å². The highest BCUT2D eigenvalue weighted by molar-refractivity contribution is 9.10. The molecule has 0 heterocycles. The summed E-state index contributed by atoms with van der Waals surface area (Å²) in [6, 6.07) is 7.02. The molecule has 0 saturated heterocycles. The van der Waals surface area contributed by atoms with E-state index in [1.165, 1.54) is 11.3 Å². The molecule has 0 saturated carbocycles. The zero-order chi connectivity index (χ0) is 15.1. The van der Waals surface area contributed by atoms with E-state index >= 15 is 0 Å². The molecule has 0 aromatic heterocycles. The average molecular weight is 343 g/mol. The predicted octanol–water partition coefficient (Wildman–Crippen LogP) is 3.59. The number of halogens is 1. The van der Waals surface area contributed by atoms with Crippen molar-refractivity contribution in [2.75, 3.05) is 25.2 Å². The summed E-state index contributed by atoms with van der Waals surface area (Å²) in [5.41, 5.74) is 8.71. The van der Waals surface area contributed by atoms with Gasteiger partial charge in [0.2, 0.25) is 0 Å². The molecule has 1 aromatic carbocycles. The number of likely N-dealkylation sites (N-methyl/N-ethyl adjacent to an activating group) is 1. The molecule has 0 aliphatic carbocycles. The molecule has 1 aromatic rings. The first kappa shape index (κ1) is 17.5. The van der Waals surface area contributed by atoms with E-state index < -0.39 is 0 Å².